The summed E-state index contributed by atoms with van der Waals surface area (Å²) in [7, 11) is 0. The van der Waals surface area contributed by atoms with E-state index in [1.807, 2.05) is 0 Å². The zero-order valence-electron chi connectivity index (χ0n) is 11.5. The summed E-state index contributed by atoms with van der Waals surface area (Å²) in [6.45, 7) is 0.696. The lowest BCUT2D eigenvalue weighted by Crippen LogP contribution is -2.41. The number of azide groups is 1. The first-order valence-corrected chi connectivity index (χ1v) is 6.31. The third-order valence-corrected chi connectivity index (χ3v) is 2.40. The van der Waals surface area contributed by atoms with E-state index in [1.165, 1.54) is 0 Å². The smallest absolute Gasteiger partial charge is 0.0698 e. The first kappa shape index (κ1) is 19.1. The van der Waals surface area contributed by atoms with Crippen LogP contribution in [0.1, 0.15) is 0 Å². The highest BCUT2D eigenvalue weighted by Crippen LogP contribution is 2.20. The second-order valence-corrected chi connectivity index (χ2v) is 4.22. The highest BCUT2D eigenvalue weighted by molar-refractivity contribution is 4.82. The number of rotatable bonds is 14. The molecule has 0 fully saturated rings. The maximum Gasteiger partial charge on any atom is 0.0698 e. The van der Waals surface area contributed by atoms with Crippen molar-refractivity contribution in [2.24, 2.45) is 10.5 Å². The molecule has 0 atom stereocenters. The lowest BCUT2D eigenvalue weighted by atomic mass is 9.91. The van der Waals surface area contributed by atoms with Crippen molar-refractivity contribution in [3.8, 4) is 0 Å². The van der Waals surface area contributed by atoms with Crippen molar-refractivity contribution in [1.29, 1.82) is 0 Å². The third-order valence-electron chi connectivity index (χ3n) is 2.40. The molecule has 0 spiro atoms. The van der Waals surface area contributed by atoms with Gasteiger partial charge in [0.2, 0.25) is 0 Å². The molecule has 3 N–H and O–H groups in total. The Morgan fingerprint density at radius 2 is 1.25 bits per heavy atom. The quantitative estimate of drug-likeness (QED) is 0.168. The minimum atomic E-state index is -0.717. The molecule has 0 aromatic rings. The van der Waals surface area contributed by atoms with Gasteiger partial charge in [0.25, 0.3) is 0 Å². The number of nitrogens with zero attached hydrogens (tertiary/aromatic N) is 3. The van der Waals surface area contributed by atoms with Crippen LogP contribution in [0.15, 0.2) is 5.11 Å². The van der Waals surface area contributed by atoms with Crippen LogP contribution < -0.4 is 0 Å². The van der Waals surface area contributed by atoms with Gasteiger partial charge in [0.1, 0.15) is 0 Å². The van der Waals surface area contributed by atoms with Crippen LogP contribution in [0.3, 0.4) is 0 Å². The molecule has 0 saturated carbocycles. The Kier molecular flexibility index (Phi) is 12.5. The predicted molar refractivity (Wildman–Crippen MR) is 70.2 cm³/mol. The molecule has 0 unspecified atom stereocenters. The van der Waals surface area contributed by atoms with Crippen molar-refractivity contribution in [2.75, 3.05) is 66.0 Å². The van der Waals surface area contributed by atoms with Gasteiger partial charge in [-0.05, 0) is 5.53 Å². The van der Waals surface area contributed by atoms with Crippen LogP contribution in [0, 0.1) is 5.41 Å². The summed E-state index contributed by atoms with van der Waals surface area (Å²) < 4.78 is 15.9. The number of aliphatic hydroxyl groups excluding tert-OH is 3. The van der Waals surface area contributed by atoms with Gasteiger partial charge in [-0.15, -0.1) is 0 Å². The van der Waals surface area contributed by atoms with E-state index in [2.05, 4.69) is 10.0 Å². The maximum atomic E-state index is 8.73. The van der Waals surface area contributed by atoms with Gasteiger partial charge < -0.3 is 29.5 Å². The summed E-state index contributed by atoms with van der Waals surface area (Å²) >= 11 is 0. The second-order valence-electron chi connectivity index (χ2n) is 4.22. The molecular formula is C11H23N3O6. The fourth-order valence-electron chi connectivity index (χ4n) is 1.50. The first-order valence-electron chi connectivity index (χ1n) is 6.31. The van der Waals surface area contributed by atoms with Gasteiger partial charge in [0.15, 0.2) is 0 Å². The van der Waals surface area contributed by atoms with Crippen molar-refractivity contribution in [1.82, 2.24) is 0 Å². The van der Waals surface area contributed by atoms with Crippen molar-refractivity contribution >= 4 is 0 Å². The SMILES string of the molecule is [N-]=[N+]=NCC(COCCO)(COCCO)COCCO. The standard InChI is InChI=1S/C11H23N3O6/c12-14-13-7-11(8-18-4-1-15,9-19-5-2-16)10-20-6-3-17/h15-17H,1-10H2. The van der Waals surface area contributed by atoms with E-state index in [4.69, 9.17) is 35.1 Å². The fourth-order valence-corrected chi connectivity index (χ4v) is 1.50. The van der Waals surface area contributed by atoms with Gasteiger partial charge in [-0.25, -0.2) is 0 Å². The molecule has 0 amide bonds. The van der Waals surface area contributed by atoms with E-state index in [-0.39, 0.29) is 66.0 Å². The van der Waals surface area contributed by atoms with Crippen LogP contribution in [0.25, 0.3) is 10.4 Å². The summed E-state index contributed by atoms with van der Waals surface area (Å²) in [5, 5.41) is 29.7. The summed E-state index contributed by atoms with van der Waals surface area (Å²) in [5.41, 5.74) is 7.74. The van der Waals surface area contributed by atoms with E-state index in [9.17, 15) is 0 Å². The zero-order valence-corrected chi connectivity index (χ0v) is 11.5. The molecular weight excluding hydrogens is 270 g/mol. The molecule has 0 radical (unpaired) electrons. The van der Waals surface area contributed by atoms with Crippen LogP contribution >= 0.6 is 0 Å². The first-order chi connectivity index (χ1) is 9.74. The number of ether oxygens (including phenoxy) is 3. The molecule has 0 bridgehead atoms. The summed E-state index contributed by atoms with van der Waals surface area (Å²) in [6, 6.07) is 0. The molecule has 20 heavy (non-hydrogen) atoms. The molecule has 0 aliphatic rings. The Labute approximate surface area is 117 Å². The molecule has 0 rings (SSSR count). The molecule has 0 aromatic heterocycles. The van der Waals surface area contributed by atoms with Gasteiger partial charge in [-0.2, -0.15) is 0 Å². The monoisotopic (exact) mass is 293 g/mol. The molecule has 0 heterocycles. The van der Waals surface area contributed by atoms with Gasteiger partial charge in [0.05, 0.1) is 59.5 Å². The Morgan fingerprint density at radius 1 is 0.850 bits per heavy atom. The highest BCUT2D eigenvalue weighted by Gasteiger charge is 2.31. The van der Waals surface area contributed by atoms with Crippen LogP contribution in [0.2, 0.25) is 0 Å². The van der Waals surface area contributed by atoms with E-state index in [0.29, 0.717) is 0 Å². The Bertz CT molecular complexity index is 246. The van der Waals surface area contributed by atoms with Crippen molar-refractivity contribution in [3.63, 3.8) is 0 Å². The van der Waals surface area contributed by atoms with Crippen LogP contribution in [0.4, 0.5) is 0 Å². The topological polar surface area (TPSA) is 137 Å². The van der Waals surface area contributed by atoms with Crippen LogP contribution in [0.5, 0.6) is 0 Å². The average Bonchev–Trinajstić information content (AvgIpc) is 2.46. The molecule has 0 aliphatic carbocycles. The van der Waals surface area contributed by atoms with E-state index >= 15 is 0 Å². The minimum absolute atomic E-state index is 0.0891. The van der Waals surface area contributed by atoms with Crippen molar-refractivity contribution < 1.29 is 29.5 Å². The van der Waals surface area contributed by atoms with Crippen molar-refractivity contribution in [2.45, 2.75) is 0 Å². The van der Waals surface area contributed by atoms with Gasteiger partial charge in [0, 0.05) is 16.9 Å². The third kappa shape index (κ3) is 9.05. The van der Waals surface area contributed by atoms with E-state index in [0.717, 1.165) is 0 Å². The summed E-state index contributed by atoms with van der Waals surface area (Å²) in [6.07, 6.45) is 0. The number of aliphatic hydroxyl groups is 3. The maximum absolute atomic E-state index is 8.73. The molecule has 118 valence electrons. The predicted octanol–water partition coefficient (Wildman–Crippen LogP) is -0.690. The molecule has 0 saturated heterocycles. The number of hydrogen-bond acceptors (Lipinski definition) is 7. The van der Waals surface area contributed by atoms with Gasteiger partial charge >= 0.3 is 0 Å². The van der Waals surface area contributed by atoms with Crippen LogP contribution in [-0.2, 0) is 14.2 Å². The molecule has 0 aromatic carbocycles. The molecule has 9 nitrogen and oxygen atoms in total. The Morgan fingerprint density at radius 3 is 1.55 bits per heavy atom. The largest absolute Gasteiger partial charge is 0.394 e. The average molecular weight is 293 g/mol. The lowest BCUT2D eigenvalue weighted by Gasteiger charge is -2.31. The highest BCUT2D eigenvalue weighted by atomic mass is 16.5. The second kappa shape index (κ2) is 13.1. The van der Waals surface area contributed by atoms with Crippen molar-refractivity contribution in [3.05, 3.63) is 10.4 Å². The molecule has 9 heteroatoms. The van der Waals surface area contributed by atoms with Gasteiger partial charge in [-0.3, -0.25) is 0 Å². The summed E-state index contributed by atoms with van der Waals surface area (Å²) in [5.74, 6) is 0. The zero-order chi connectivity index (χ0) is 15.1. The fraction of sp³-hybridized carbons (Fsp3) is 1.00. The Hall–Kier alpha value is -0.930. The van der Waals surface area contributed by atoms with E-state index in [1.54, 1.807) is 0 Å². The lowest BCUT2D eigenvalue weighted by molar-refractivity contribution is -0.0753. The molecule has 0 aliphatic heterocycles. The number of hydrogen-bond donors (Lipinski definition) is 3. The minimum Gasteiger partial charge on any atom is -0.394 e. The Balaban J connectivity index is 4.60. The normalized spacial score (nSPS) is 11.3. The van der Waals surface area contributed by atoms with Crippen LogP contribution in [-0.4, -0.2) is 81.3 Å². The van der Waals surface area contributed by atoms with E-state index < -0.39 is 5.41 Å². The summed E-state index contributed by atoms with van der Waals surface area (Å²) in [4.78, 5) is 2.72. The van der Waals surface area contributed by atoms with Gasteiger partial charge in [-0.1, -0.05) is 5.11 Å².